The molecule has 278 valence electrons. The van der Waals surface area contributed by atoms with Gasteiger partial charge in [0, 0.05) is 33.3 Å². The third kappa shape index (κ3) is 13.9. The van der Waals surface area contributed by atoms with Crippen molar-refractivity contribution in [1.29, 1.82) is 0 Å². The largest absolute Gasteiger partial charge is 0.457 e. The van der Waals surface area contributed by atoms with Gasteiger partial charge in [-0.15, -0.1) is 0 Å². The fourth-order valence-corrected chi connectivity index (χ4v) is 5.83. The Balaban J connectivity index is 2.38. The normalized spacial score (nSPS) is 30.5. The van der Waals surface area contributed by atoms with E-state index in [-0.39, 0.29) is 18.8 Å². The van der Waals surface area contributed by atoms with Gasteiger partial charge in [-0.2, -0.15) is 0 Å². The Morgan fingerprint density at radius 1 is 0.646 bits per heavy atom. The van der Waals surface area contributed by atoms with Crippen LogP contribution in [0.15, 0.2) is 0 Å². The van der Waals surface area contributed by atoms with Gasteiger partial charge in [0.1, 0.15) is 12.2 Å². The van der Waals surface area contributed by atoms with Crippen molar-refractivity contribution in [3.8, 4) is 0 Å². The summed E-state index contributed by atoms with van der Waals surface area (Å²) in [6, 6.07) is 0. The van der Waals surface area contributed by atoms with Crippen LogP contribution in [0.3, 0.4) is 0 Å². The zero-order valence-electron chi connectivity index (χ0n) is 30.2. The maximum absolute atomic E-state index is 12.9. The van der Waals surface area contributed by atoms with Gasteiger partial charge >= 0.3 is 23.9 Å². The van der Waals surface area contributed by atoms with Crippen molar-refractivity contribution in [2.75, 3.05) is 6.61 Å². The minimum Gasteiger partial charge on any atom is -0.457 e. The van der Waals surface area contributed by atoms with E-state index in [1.165, 1.54) is 20.3 Å². The molecule has 0 amide bonds. The highest BCUT2D eigenvalue weighted by Gasteiger charge is 2.55. The Kier molecular flexibility index (Phi) is 18.9. The van der Waals surface area contributed by atoms with Gasteiger partial charge in [0.2, 0.25) is 0 Å². The van der Waals surface area contributed by atoms with Crippen LogP contribution in [0.2, 0.25) is 0 Å². The van der Waals surface area contributed by atoms with E-state index in [2.05, 4.69) is 6.92 Å². The van der Waals surface area contributed by atoms with Crippen molar-refractivity contribution in [2.45, 2.75) is 187 Å². The second-order valence-corrected chi connectivity index (χ2v) is 13.3. The second kappa shape index (κ2) is 21.7. The highest BCUT2D eigenvalue weighted by Crippen LogP contribution is 2.34. The molecule has 0 unspecified atom stereocenters. The molecule has 2 fully saturated rings. The topological polar surface area (TPSA) is 162 Å². The summed E-state index contributed by atoms with van der Waals surface area (Å²) in [7, 11) is 0. The van der Waals surface area contributed by atoms with E-state index in [1.807, 2.05) is 20.8 Å². The fourth-order valence-electron chi connectivity index (χ4n) is 5.83. The minimum atomic E-state index is -1.44. The molecular weight excluding hydrogens is 628 g/mol. The van der Waals surface area contributed by atoms with E-state index >= 15 is 0 Å². The number of ether oxygens (including phenoxy) is 8. The number of unbranched alkanes of at least 4 members (excludes halogenated alkanes) is 7. The molecule has 2 aliphatic heterocycles. The first-order valence-electron chi connectivity index (χ1n) is 17.8. The number of esters is 4. The Bertz CT molecular complexity index is 988. The first-order valence-corrected chi connectivity index (χ1v) is 17.8. The van der Waals surface area contributed by atoms with Crippen molar-refractivity contribution in [3.05, 3.63) is 0 Å². The average molecular weight is 689 g/mol. The van der Waals surface area contributed by atoms with Gasteiger partial charge in [-0.1, -0.05) is 72.6 Å². The lowest BCUT2D eigenvalue weighted by Crippen LogP contribution is -2.65. The number of carbonyl (C=O) groups excluding carboxylic acids is 4. The van der Waals surface area contributed by atoms with Crippen LogP contribution in [0.1, 0.15) is 126 Å². The molecule has 2 rings (SSSR count). The molecule has 2 heterocycles. The predicted molar refractivity (Wildman–Crippen MR) is 173 cm³/mol. The number of carbonyl (C=O) groups is 4. The van der Waals surface area contributed by atoms with Crippen molar-refractivity contribution in [1.82, 2.24) is 0 Å². The monoisotopic (exact) mass is 688 g/mol. The van der Waals surface area contributed by atoms with E-state index in [4.69, 9.17) is 37.9 Å². The van der Waals surface area contributed by atoms with Gasteiger partial charge in [0.25, 0.3) is 0 Å². The molecule has 0 radical (unpaired) electrons. The maximum atomic E-state index is 12.9. The molecule has 0 saturated carbocycles. The molecule has 0 aromatic carbocycles. The Morgan fingerprint density at radius 3 is 1.77 bits per heavy atom. The highest BCUT2D eigenvalue weighted by atomic mass is 16.8. The maximum Gasteiger partial charge on any atom is 0.306 e. The van der Waals surface area contributed by atoms with Gasteiger partial charge in [0.05, 0.1) is 12.2 Å². The number of hydrogen-bond acceptors (Lipinski definition) is 13. The first-order chi connectivity index (χ1) is 22.8. The van der Waals surface area contributed by atoms with Gasteiger partial charge in [0.15, 0.2) is 37.0 Å². The SMILES string of the molecule is CCCCCCCCO[C@@H]1O[C@@H](C)[C@H](OC(=O)CCCCC)[C@@H](O[C@@H]2O[C@@H](C)[C@H](OC(C)=O)[C@@H](OC(=O)CC(C)C)[C@H]2OC(C)=O)[C@H]1O. The van der Waals surface area contributed by atoms with Crippen molar-refractivity contribution in [2.24, 2.45) is 5.92 Å². The summed E-state index contributed by atoms with van der Waals surface area (Å²) in [5.41, 5.74) is 0. The third-order valence-corrected chi connectivity index (χ3v) is 8.25. The Morgan fingerprint density at radius 2 is 1.17 bits per heavy atom. The molecule has 2 saturated heterocycles. The molecule has 0 aromatic heterocycles. The molecule has 0 bridgehead atoms. The average Bonchev–Trinajstić information content (AvgIpc) is 2.99. The summed E-state index contributed by atoms with van der Waals surface area (Å²) >= 11 is 0. The lowest BCUT2D eigenvalue weighted by molar-refractivity contribution is -0.355. The molecule has 0 aromatic rings. The van der Waals surface area contributed by atoms with E-state index < -0.39 is 85.3 Å². The van der Waals surface area contributed by atoms with Crippen LogP contribution in [-0.4, -0.2) is 97.0 Å². The molecule has 0 aliphatic carbocycles. The van der Waals surface area contributed by atoms with Crippen LogP contribution < -0.4 is 0 Å². The second-order valence-electron chi connectivity index (χ2n) is 13.3. The molecular formula is C35H60O13. The quantitative estimate of drug-likeness (QED) is 0.104. The van der Waals surface area contributed by atoms with Crippen LogP contribution >= 0.6 is 0 Å². The van der Waals surface area contributed by atoms with Crippen molar-refractivity contribution < 1.29 is 62.2 Å². The fraction of sp³-hybridized carbons (Fsp3) is 0.886. The summed E-state index contributed by atoms with van der Waals surface area (Å²) in [5.74, 6) is -2.52. The smallest absolute Gasteiger partial charge is 0.306 e. The molecule has 13 nitrogen and oxygen atoms in total. The molecule has 0 spiro atoms. The minimum absolute atomic E-state index is 0.0407. The van der Waals surface area contributed by atoms with Crippen LogP contribution in [-0.2, 0) is 57.1 Å². The zero-order valence-corrected chi connectivity index (χ0v) is 30.2. The van der Waals surface area contributed by atoms with E-state index in [1.54, 1.807) is 13.8 Å². The van der Waals surface area contributed by atoms with Gasteiger partial charge in [-0.25, -0.2) is 0 Å². The third-order valence-electron chi connectivity index (χ3n) is 8.25. The lowest BCUT2D eigenvalue weighted by atomic mass is 9.96. The number of rotatable bonds is 20. The summed E-state index contributed by atoms with van der Waals surface area (Å²) in [6.45, 7) is 13.9. The van der Waals surface area contributed by atoms with Crippen LogP contribution in [0.5, 0.6) is 0 Å². The van der Waals surface area contributed by atoms with Gasteiger partial charge in [-0.3, -0.25) is 19.2 Å². The molecule has 2 aliphatic rings. The number of hydrogen-bond donors (Lipinski definition) is 1. The predicted octanol–water partition coefficient (Wildman–Crippen LogP) is 4.91. The summed E-state index contributed by atoms with van der Waals surface area (Å²) in [5, 5.41) is 11.6. The van der Waals surface area contributed by atoms with E-state index in [9.17, 15) is 24.3 Å². The Labute approximate surface area is 285 Å². The van der Waals surface area contributed by atoms with Crippen LogP contribution in [0.25, 0.3) is 0 Å². The molecule has 48 heavy (non-hydrogen) atoms. The standard InChI is InChI=1S/C35H60O13/c1-9-11-13-14-15-17-19-41-34-28(40)31(29(22(5)42-34)46-26(38)18-16-12-10-2)48-35-33(45-25(8)37)32(47-27(39)20-21(3)4)30(23(6)43-35)44-24(7)36/h21-23,28-35,40H,9-20H2,1-8H3/t22-,23-,28+,29-,30-,31-,32+,33+,34+,35-/m0/s1. The summed E-state index contributed by atoms with van der Waals surface area (Å²) < 4.78 is 47.1. The van der Waals surface area contributed by atoms with Crippen LogP contribution in [0.4, 0.5) is 0 Å². The zero-order chi connectivity index (χ0) is 35.8. The summed E-state index contributed by atoms with van der Waals surface area (Å²) in [6.07, 6.45) is -2.93. The van der Waals surface area contributed by atoms with Crippen LogP contribution in [0, 0.1) is 5.92 Å². The number of aliphatic hydroxyl groups excluding tert-OH is 1. The molecule has 10 atom stereocenters. The van der Waals surface area contributed by atoms with E-state index in [0.29, 0.717) is 13.0 Å². The van der Waals surface area contributed by atoms with E-state index in [0.717, 1.165) is 44.9 Å². The summed E-state index contributed by atoms with van der Waals surface area (Å²) in [4.78, 5) is 50.2. The highest BCUT2D eigenvalue weighted by molar-refractivity contribution is 5.71. The van der Waals surface area contributed by atoms with Crippen molar-refractivity contribution in [3.63, 3.8) is 0 Å². The first kappa shape index (κ1) is 41.8. The number of aliphatic hydroxyl groups is 1. The van der Waals surface area contributed by atoms with Gasteiger partial charge in [-0.05, 0) is 32.6 Å². The lowest BCUT2D eigenvalue weighted by Gasteiger charge is -2.47. The van der Waals surface area contributed by atoms with Gasteiger partial charge < -0.3 is 43.0 Å². The molecule has 1 N–H and O–H groups in total. The molecule has 13 heteroatoms. The van der Waals surface area contributed by atoms with Crippen molar-refractivity contribution >= 4 is 23.9 Å². The Hall–Kier alpha value is -2.32.